The average molecular weight is 826 g/mol. The summed E-state index contributed by atoms with van der Waals surface area (Å²) >= 11 is 6.23. The van der Waals surface area contributed by atoms with Gasteiger partial charge in [-0.1, -0.05) is 61.4 Å². The monoisotopic (exact) mass is 825 g/mol. The van der Waals surface area contributed by atoms with Gasteiger partial charge in [-0.25, -0.2) is 13.1 Å². The van der Waals surface area contributed by atoms with E-state index in [1.165, 1.54) is 28.8 Å². The first-order chi connectivity index (χ1) is 27.7. The Morgan fingerprint density at radius 1 is 0.897 bits per heavy atom. The number of halogens is 1. The number of sulfonamides is 1. The van der Waals surface area contributed by atoms with E-state index in [2.05, 4.69) is 56.0 Å². The Morgan fingerprint density at radius 3 is 2.29 bits per heavy atom. The molecule has 0 spiro atoms. The van der Waals surface area contributed by atoms with E-state index in [1.54, 1.807) is 6.07 Å². The lowest BCUT2D eigenvalue weighted by Crippen LogP contribution is -2.47. The van der Waals surface area contributed by atoms with Crippen molar-refractivity contribution >= 4 is 61.5 Å². The second-order valence-corrected chi connectivity index (χ2v) is 18.6. The normalized spacial score (nSPS) is 18.2. The molecular weight excluding hydrogens is 774 g/mol. The predicted molar refractivity (Wildman–Crippen MR) is 233 cm³/mol. The van der Waals surface area contributed by atoms with E-state index in [1.807, 2.05) is 61.6 Å². The minimum Gasteiger partial charge on any atom is -0.377 e. The average Bonchev–Trinajstić information content (AvgIpc) is 3.20. The molecule has 0 unspecified atom stereocenters. The highest BCUT2D eigenvalue weighted by molar-refractivity contribution is 7.90. The maximum atomic E-state index is 13.8. The molecule has 0 atom stereocenters. The molecule has 0 saturated carbocycles. The molecule has 58 heavy (non-hydrogen) atoms. The zero-order valence-corrected chi connectivity index (χ0v) is 34.9. The van der Waals surface area contributed by atoms with Gasteiger partial charge in [-0.2, -0.15) is 0 Å². The second kappa shape index (κ2) is 17.5. The lowest BCUT2D eigenvalue weighted by atomic mass is 9.72. The number of rotatable bonds is 12. The number of nitrogens with zero attached hydrogens (tertiary/aromatic N) is 4. The standard InChI is InChI=1S/C44H52ClN7O5S/c1-44(2)20-17-32(39(29-44)31-9-11-33(45)12-10-31)30-50-23-25-51(26-24-50)36-13-15-38(41(27-36)47-34-7-5-4-6-8-34)43(53)48-58(56,57)37-14-16-40(42(28-37)52(54)55)46-35-18-21-49(3)22-19-35/h4-16,27-28,35,46-47H,17-26,29-30H2,1-3H3,(H,48,53). The largest absolute Gasteiger partial charge is 0.377 e. The Kier molecular flexibility index (Phi) is 12.4. The topological polar surface area (TPSA) is 140 Å². The number of anilines is 4. The molecular formula is C44H52ClN7O5S. The van der Waals surface area contributed by atoms with Gasteiger partial charge in [-0.15, -0.1) is 0 Å². The Bertz CT molecular complexity index is 2270. The van der Waals surface area contributed by atoms with Crippen molar-refractivity contribution in [1.82, 2.24) is 14.5 Å². The number of nitro groups is 1. The lowest BCUT2D eigenvalue weighted by molar-refractivity contribution is -0.384. The summed E-state index contributed by atoms with van der Waals surface area (Å²) in [5.41, 5.74) is 6.47. The third kappa shape index (κ3) is 10.0. The van der Waals surface area contributed by atoms with Crippen molar-refractivity contribution < 1.29 is 18.1 Å². The van der Waals surface area contributed by atoms with Crippen LogP contribution in [0.25, 0.3) is 5.57 Å². The van der Waals surface area contributed by atoms with E-state index in [0.29, 0.717) is 5.69 Å². The Labute approximate surface area is 346 Å². The molecule has 0 radical (unpaired) electrons. The second-order valence-electron chi connectivity index (χ2n) is 16.5. The number of amides is 1. The molecule has 306 valence electrons. The molecule has 2 aliphatic heterocycles. The van der Waals surface area contributed by atoms with Crippen molar-refractivity contribution in [2.24, 2.45) is 5.41 Å². The minimum atomic E-state index is -4.48. The van der Waals surface area contributed by atoms with E-state index >= 15 is 0 Å². The quantitative estimate of drug-likeness (QED) is 0.0943. The molecule has 1 amide bonds. The number of carbonyl (C=O) groups is 1. The van der Waals surface area contributed by atoms with Crippen LogP contribution in [0.5, 0.6) is 0 Å². The highest BCUT2D eigenvalue weighted by Gasteiger charge is 2.30. The summed E-state index contributed by atoms with van der Waals surface area (Å²) in [6.07, 6.45) is 4.87. The predicted octanol–water partition coefficient (Wildman–Crippen LogP) is 8.40. The zero-order valence-electron chi connectivity index (χ0n) is 33.3. The molecule has 2 fully saturated rings. The van der Waals surface area contributed by atoms with E-state index in [9.17, 15) is 23.3 Å². The zero-order chi connectivity index (χ0) is 41.0. The highest BCUT2D eigenvalue weighted by atomic mass is 35.5. The van der Waals surface area contributed by atoms with Crippen molar-refractivity contribution in [3.05, 3.63) is 123 Å². The number of nitro benzene ring substituents is 1. The van der Waals surface area contributed by atoms with Crippen LogP contribution in [0.2, 0.25) is 5.02 Å². The number of para-hydroxylation sites is 1. The van der Waals surface area contributed by atoms with Crippen molar-refractivity contribution in [3.63, 3.8) is 0 Å². The van der Waals surface area contributed by atoms with Crippen LogP contribution >= 0.6 is 11.6 Å². The summed E-state index contributed by atoms with van der Waals surface area (Å²) in [5.74, 6) is -0.855. The Hall–Kier alpha value is -4.95. The molecule has 3 N–H and O–H groups in total. The lowest BCUT2D eigenvalue weighted by Gasteiger charge is -2.39. The maximum Gasteiger partial charge on any atom is 0.293 e. The van der Waals surface area contributed by atoms with Crippen molar-refractivity contribution in [3.8, 4) is 0 Å². The fourth-order valence-corrected chi connectivity index (χ4v) is 9.28. The van der Waals surface area contributed by atoms with Crippen LogP contribution in [0.4, 0.5) is 28.4 Å². The summed E-state index contributed by atoms with van der Waals surface area (Å²) < 4.78 is 29.4. The van der Waals surface area contributed by atoms with Crippen LogP contribution in [-0.2, 0) is 10.0 Å². The smallest absolute Gasteiger partial charge is 0.293 e. The van der Waals surface area contributed by atoms with E-state index < -0.39 is 20.9 Å². The summed E-state index contributed by atoms with van der Waals surface area (Å²) in [7, 11) is -2.45. The first-order valence-corrected chi connectivity index (χ1v) is 21.8. The van der Waals surface area contributed by atoms with E-state index in [0.717, 1.165) is 100 Å². The maximum absolute atomic E-state index is 13.8. The number of hydrogen-bond acceptors (Lipinski definition) is 10. The van der Waals surface area contributed by atoms with Crippen LogP contribution in [-0.4, -0.2) is 88.0 Å². The van der Waals surface area contributed by atoms with Gasteiger partial charge in [-0.3, -0.25) is 19.8 Å². The number of carbonyl (C=O) groups excluding carboxylic acids is 1. The number of benzene rings is 4. The molecule has 0 bridgehead atoms. The molecule has 4 aromatic rings. The molecule has 2 heterocycles. The fourth-order valence-electron chi connectivity index (χ4n) is 8.17. The van der Waals surface area contributed by atoms with Crippen LogP contribution in [0.1, 0.15) is 61.9 Å². The molecule has 3 aliphatic rings. The minimum absolute atomic E-state index is 0.0282. The van der Waals surface area contributed by atoms with Gasteiger partial charge in [0.05, 0.1) is 21.1 Å². The van der Waals surface area contributed by atoms with Crippen LogP contribution in [0.15, 0.2) is 101 Å². The fraction of sp³-hybridized carbons (Fsp3) is 0.386. The van der Waals surface area contributed by atoms with Gasteiger partial charge in [0.25, 0.3) is 21.6 Å². The molecule has 2 saturated heterocycles. The summed E-state index contributed by atoms with van der Waals surface area (Å²) in [5, 5.41) is 19.4. The number of likely N-dealkylation sites (tertiary alicyclic amines) is 1. The molecule has 14 heteroatoms. The Balaban J connectivity index is 1.07. The highest BCUT2D eigenvalue weighted by Crippen LogP contribution is 2.43. The van der Waals surface area contributed by atoms with Crippen LogP contribution in [0, 0.1) is 15.5 Å². The van der Waals surface area contributed by atoms with Crippen molar-refractivity contribution in [2.75, 3.05) is 68.4 Å². The van der Waals surface area contributed by atoms with Gasteiger partial charge in [0.2, 0.25) is 0 Å². The first-order valence-electron chi connectivity index (χ1n) is 19.9. The van der Waals surface area contributed by atoms with Gasteiger partial charge in [0.15, 0.2) is 0 Å². The van der Waals surface area contributed by atoms with E-state index in [-0.39, 0.29) is 33.3 Å². The van der Waals surface area contributed by atoms with Crippen molar-refractivity contribution in [2.45, 2.75) is 56.9 Å². The molecule has 1 aliphatic carbocycles. The van der Waals surface area contributed by atoms with Crippen molar-refractivity contribution in [1.29, 1.82) is 0 Å². The number of hydrogen-bond donors (Lipinski definition) is 3. The van der Waals surface area contributed by atoms with Gasteiger partial charge in [0, 0.05) is 61.2 Å². The number of nitrogens with one attached hydrogen (secondary N) is 3. The summed E-state index contributed by atoms with van der Waals surface area (Å²) in [4.78, 5) is 31.9. The number of allylic oxidation sites excluding steroid dienone is 1. The third-order valence-electron chi connectivity index (χ3n) is 11.6. The van der Waals surface area contributed by atoms with Crippen LogP contribution in [0.3, 0.4) is 0 Å². The number of piperidine rings is 1. The van der Waals surface area contributed by atoms with Gasteiger partial charge in [-0.05, 0) is 123 Å². The van der Waals surface area contributed by atoms with Gasteiger partial charge >= 0.3 is 0 Å². The molecule has 12 nitrogen and oxygen atoms in total. The molecule has 4 aromatic carbocycles. The summed E-state index contributed by atoms with van der Waals surface area (Å²) in [6.45, 7) is 10.6. The molecule has 7 rings (SSSR count). The van der Waals surface area contributed by atoms with Crippen LogP contribution < -0.4 is 20.3 Å². The SMILES string of the molecule is CN1CCC(Nc2ccc(S(=O)(=O)NC(=O)c3ccc(N4CCN(CC5=C(c6ccc(Cl)cc6)CC(C)(C)CC5)CC4)cc3Nc3ccccc3)cc2[N+](=O)[O-])CC1. The summed E-state index contributed by atoms with van der Waals surface area (Å²) in [6, 6.07) is 26.6. The van der Waals surface area contributed by atoms with Gasteiger partial charge < -0.3 is 20.4 Å². The third-order valence-corrected chi connectivity index (χ3v) is 13.2. The van der Waals surface area contributed by atoms with E-state index in [4.69, 9.17) is 11.6 Å². The Morgan fingerprint density at radius 2 is 1.60 bits per heavy atom. The first kappa shape index (κ1) is 41.2. The molecule has 0 aromatic heterocycles. The number of piperazine rings is 1. The van der Waals surface area contributed by atoms with Gasteiger partial charge in [0.1, 0.15) is 5.69 Å².